The second-order valence-corrected chi connectivity index (χ2v) is 7.10. The molecule has 1 heterocycles. The largest absolute Gasteiger partial charge is 0.375 e. The molecular weight excluding hydrogens is 334 g/mol. The van der Waals surface area contributed by atoms with Crippen LogP contribution >= 0.6 is 0 Å². The van der Waals surface area contributed by atoms with Crippen LogP contribution in [0, 0.1) is 0 Å². The average molecular weight is 364 g/mol. The number of ether oxygens (including phenoxy) is 1. The molecule has 0 aliphatic heterocycles. The highest BCUT2D eigenvalue weighted by molar-refractivity contribution is 5.63. The van der Waals surface area contributed by atoms with E-state index in [1.807, 2.05) is 24.0 Å². The van der Waals surface area contributed by atoms with Gasteiger partial charge in [0.05, 0.1) is 18.9 Å². The molecule has 0 N–H and O–H groups in total. The molecule has 0 saturated heterocycles. The number of benzene rings is 2. The summed E-state index contributed by atoms with van der Waals surface area (Å²) in [5, 5.41) is 4.28. The first kappa shape index (κ1) is 19.3. The Morgan fingerprint density at radius 2 is 1.74 bits per heavy atom. The maximum absolute atomic E-state index is 6.05. The second-order valence-electron chi connectivity index (χ2n) is 7.10. The molecule has 4 nitrogen and oxygen atoms in total. The van der Waals surface area contributed by atoms with Crippen LogP contribution in [0.1, 0.15) is 25.0 Å². The van der Waals surface area contributed by atoms with Crippen LogP contribution in [0.5, 0.6) is 0 Å². The van der Waals surface area contributed by atoms with Crippen LogP contribution in [0.4, 0.5) is 0 Å². The molecule has 0 aliphatic rings. The van der Waals surface area contributed by atoms with Crippen LogP contribution in [0.25, 0.3) is 11.3 Å². The van der Waals surface area contributed by atoms with Crippen molar-refractivity contribution in [1.29, 1.82) is 0 Å². The van der Waals surface area contributed by atoms with E-state index in [2.05, 4.69) is 78.4 Å². The molecule has 3 aromatic rings. The highest BCUT2D eigenvalue weighted by Crippen LogP contribution is 2.23. The highest BCUT2D eigenvalue weighted by atomic mass is 16.5. The number of nitrogens with zero attached hydrogens (tertiary/aromatic N) is 3. The van der Waals surface area contributed by atoms with Crippen molar-refractivity contribution < 1.29 is 4.74 Å². The first-order chi connectivity index (χ1) is 13.1. The van der Waals surface area contributed by atoms with Crippen LogP contribution in [0.15, 0.2) is 66.9 Å². The van der Waals surface area contributed by atoms with Crippen molar-refractivity contribution in [3.8, 4) is 11.3 Å². The van der Waals surface area contributed by atoms with Gasteiger partial charge >= 0.3 is 0 Å². The van der Waals surface area contributed by atoms with Gasteiger partial charge < -0.3 is 4.74 Å². The highest BCUT2D eigenvalue weighted by Gasteiger charge is 2.11. The fourth-order valence-corrected chi connectivity index (χ4v) is 3.24. The van der Waals surface area contributed by atoms with Gasteiger partial charge in [-0.25, -0.2) is 0 Å². The number of hydrogen-bond donors (Lipinski definition) is 0. The number of aromatic nitrogens is 2. The Hall–Kier alpha value is -2.43. The van der Waals surface area contributed by atoms with Crippen molar-refractivity contribution in [2.45, 2.75) is 33.0 Å². The van der Waals surface area contributed by atoms with Gasteiger partial charge in [0, 0.05) is 37.9 Å². The van der Waals surface area contributed by atoms with Gasteiger partial charge in [0.1, 0.15) is 0 Å². The van der Waals surface area contributed by atoms with Crippen molar-refractivity contribution in [2.75, 3.05) is 13.2 Å². The molecule has 4 heteroatoms. The van der Waals surface area contributed by atoms with Gasteiger partial charge in [0.2, 0.25) is 0 Å². The van der Waals surface area contributed by atoms with E-state index in [1.54, 1.807) is 0 Å². The summed E-state index contributed by atoms with van der Waals surface area (Å²) in [4.78, 5) is 2.45. The minimum atomic E-state index is 0.482. The molecule has 0 atom stereocenters. The Balaban J connectivity index is 1.56. The van der Waals surface area contributed by atoms with Gasteiger partial charge in [0.15, 0.2) is 0 Å². The number of hydrogen-bond acceptors (Lipinski definition) is 3. The van der Waals surface area contributed by atoms with E-state index in [0.717, 1.165) is 18.8 Å². The summed E-state index contributed by atoms with van der Waals surface area (Å²) in [6.07, 6.45) is 1.83. The molecule has 0 aliphatic carbocycles. The molecule has 0 fully saturated rings. The molecular formula is C23H29N3O. The third-order valence-electron chi connectivity index (χ3n) is 4.85. The molecule has 1 aromatic heterocycles. The van der Waals surface area contributed by atoms with Crippen LogP contribution < -0.4 is 0 Å². The fraction of sp³-hybridized carbons (Fsp3) is 0.348. The average Bonchev–Trinajstić information content (AvgIpc) is 3.11. The number of rotatable bonds is 9. The lowest BCUT2D eigenvalue weighted by Gasteiger charge is -2.26. The molecule has 142 valence electrons. The van der Waals surface area contributed by atoms with Gasteiger partial charge in [0.25, 0.3) is 0 Å². The number of aryl methyl sites for hydroxylation is 1. The Morgan fingerprint density at radius 1 is 1.00 bits per heavy atom. The van der Waals surface area contributed by atoms with E-state index >= 15 is 0 Å². The molecule has 0 amide bonds. The van der Waals surface area contributed by atoms with E-state index in [9.17, 15) is 0 Å². The van der Waals surface area contributed by atoms with E-state index in [1.165, 1.54) is 16.7 Å². The van der Waals surface area contributed by atoms with Gasteiger partial charge in [-0.05, 0) is 31.0 Å². The molecule has 27 heavy (non-hydrogen) atoms. The summed E-state index contributed by atoms with van der Waals surface area (Å²) in [6, 6.07) is 21.5. The molecule has 2 aromatic carbocycles. The van der Waals surface area contributed by atoms with Crippen molar-refractivity contribution in [2.24, 2.45) is 7.05 Å². The third kappa shape index (κ3) is 5.28. The maximum Gasteiger partial charge on any atom is 0.0724 e. The van der Waals surface area contributed by atoms with Crippen LogP contribution in [0.3, 0.4) is 0 Å². The van der Waals surface area contributed by atoms with Crippen LogP contribution in [0.2, 0.25) is 0 Å². The Morgan fingerprint density at radius 3 is 2.44 bits per heavy atom. The zero-order chi connectivity index (χ0) is 19.1. The summed E-state index contributed by atoms with van der Waals surface area (Å²) < 4.78 is 7.95. The van der Waals surface area contributed by atoms with Crippen molar-refractivity contribution in [1.82, 2.24) is 14.7 Å². The fourth-order valence-electron chi connectivity index (χ4n) is 3.24. The minimum absolute atomic E-state index is 0.482. The van der Waals surface area contributed by atoms with Crippen LogP contribution in [-0.4, -0.2) is 33.9 Å². The van der Waals surface area contributed by atoms with Crippen LogP contribution in [-0.2, 0) is 24.9 Å². The lowest BCUT2D eigenvalue weighted by molar-refractivity contribution is 0.0799. The van der Waals surface area contributed by atoms with Gasteiger partial charge in [-0.2, -0.15) is 5.10 Å². The third-order valence-corrected chi connectivity index (χ3v) is 4.85. The van der Waals surface area contributed by atoms with Crippen molar-refractivity contribution >= 4 is 0 Å². The Kier molecular flexibility index (Phi) is 6.80. The molecule has 0 unspecified atom stereocenters. The lowest BCUT2D eigenvalue weighted by Crippen LogP contribution is -2.33. The smallest absolute Gasteiger partial charge is 0.0724 e. The molecule has 0 radical (unpaired) electrons. The van der Waals surface area contributed by atoms with E-state index < -0.39 is 0 Å². The van der Waals surface area contributed by atoms with Gasteiger partial charge in [-0.15, -0.1) is 0 Å². The minimum Gasteiger partial charge on any atom is -0.375 e. The summed E-state index contributed by atoms with van der Waals surface area (Å²) in [5.74, 6) is 0. The summed E-state index contributed by atoms with van der Waals surface area (Å²) in [6.45, 7) is 7.67. The first-order valence-electron chi connectivity index (χ1n) is 9.57. The monoisotopic (exact) mass is 363 g/mol. The Bertz CT molecular complexity index is 826. The zero-order valence-electron chi connectivity index (χ0n) is 16.5. The standard InChI is InChI=1S/C23H29N3O/c1-19(2)26(17-20-9-5-4-6-10-20)15-16-27-18-21-11-7-8-12-22(21)23-13-14-24-25(23)3/h4-14,19H,15-18H2,1-3H3. The van der Waals surface area contributed by atoms with E-state index in [4.69, 9.17) is 4.74 Å². The molecule has 3 rings (SSSR count). The molecule has 0 bridgehead atoms. The lowest BCUT2D eigenvalue weighted by atomic mass is 10.1. The normalized spacial score (nSPS) is 11.4. The van der Waals surface area contributed by atoms with E-state index in [0.29, 0.717) is 19.3 Å². The second kappa shape index (κ2) is 9.49. The van der Waals surface area contributed by atoms with Gasteiger partial charge in [-0.3, -0.25) is 9.58 Å². The first-order valence-corrected chi connectivity index (χ1v) is 9.57. The van der Waals surface area contributed by atoms with Crippen molar-refractivity contribution in [3.05, 3.63) is 78.0 Å². The quantitative estimate of drug-likeness (QED) is 0.524. The molecule has 0 saturated carbocycles. The topological polar surface area (TPSA) is 30.3 Å². The SMILES string of the molecule is CC(C)N(CCOCc1ccccc1-c1ccnn1C)Cc1ccccc1. The van der Waals surface area contributed by atoms with Gasteiger partial charge in [-0.1, -0.05) is 54.6 Å². The van der Waals surface area contributed by atoms with Crippen molar-refractivity contribution in [3.63, 3.8) is 0 Å². The predicted octanol–water partition coefficient (Wildman–Crippen LogP) is 4.51. The summed E-state index contributed by atoms with van der Waals surface area (Å²) >= 11 is 0. The molecule has 0 spiro atoms. The Labute approximate surface area is 162 Å². The zero-order valence-corrected chi connectivity index (χ0v) is 16.5. The predicted molar refractivity (Wildman–Crippen MR) is 110 cm³/mol. The summed E-state index contributed by atoms with van der Waals surface area (Å²) in [5.41, 5.74) is 4.83. The van der Waals surface area contributed by atoms with E-state index in [-0.39, 0.29) is 0 Å². The summed E-state index contributed by atoms with van der Waals surface area (Å²) in [7, 11) is 1.97. The maximum atomic E-state index is 6.05.